The first-order valence-corrected chi connectivity index (χ1v) is 6.58. The Morgan fingerprint density at radius 1 is 1.44 bits per heavy atom. The number of hydrogen-bond donors (Lipinski definition) is 1. The highest BCUT2D eigenvalue weighted by molar-refractivity contribution is 7.18. The smallest absolute Gasteiger partial charge is 0.242 e. The summed E-state index contributed by atoms with van der Waals surface area (Å²) in [6.45, 7) is 3.92. The van der Waals surface area contributed by atoms with Crippen LogP contribution in [0.15, 0.2) is 24.3 Å². The third kappa shape index (κ3) is 2.68. The lowest BCUT2D eigenvalue weighted by molar-refractivity contribution is -0.134. The number of rotatable bonds is 3. The van der Waals surface area contributed by atoms with Crippen molar-refractivity contribution in [3.8, 4) is 0 Å². The van der Waals surface area contributed by atoms with Gasteiger partial charge in [-0.25, -0.2) is 4.98 Å². The molecule has 2 N–H and O–H groups in total. The van der Waals surface area contributed by atoms with Crippen molar-refractivity contribution in [1.82, 2.24) is 9.88 Å². The van der Waals surface area contributed by atoms with Crippen molar-refractivity contribution in [2.24, 2.45) is 5.73 Å². The summed E-state index contributed by atoms with van der Waals surface area (Å²) in [6.07, 6.45) is 0. The number of carbonyl (C=O) groups is 1. The molecule has 0 saturated heterocycles. The highest BCUT2D eigenvalue weighted by Crippen LogP contribution is 2.22. The van der Waals surface area contributed by atoms with E-state index in [0.29, 0.717) is 6.54 Å². The lowest BCUT2D eigenvalue weighted by atomic mass is 10.1. The molecule has 2 aromatic rings. The minimum absolute atomic E-state index is 0.0817. The van der Waals surface area contributed by atoms with Gasteiger partial charge in [0.15, 0.2) is 0 Å². The molecule has 0 unspecified atom stereocenters. The number of amides is 1. The van der Waals surface area contributed by atoms with Crippen LogP contribution in [0.25, 0.3) is 10.2 Å². The Morgan fingerprint density at radius 3 is 2.72 bits per heavy atom. The quantitative estimate of drug-likeness (QED) is 0.921. The van der Waals surface area contributed by atoms with E-state index in [-0.39, 0.29) is 5.91 Å². The van der Waals surface area contributed by atoms with Gasteiger partial charge in [0.2, 0.25) is 5.91 Å². The average Bonchev–Trinajstić information content (AvgIpc) is 2.68. The number of fused-ring (bicyclic) bond motifs is 1. The number of hydrogen-bond acceptors (Lipinski definition) is 4. The fraction of sp³-hybridized carbons (Fsp3) is 0.385. The molecule has 0 bridgehead atoms. The van der Waals surface area contributed by atoms with E-state index in [4.69, 9.17) is 5.73 Å². The summed E-state index contributed by atoms with van der Waals surface area (Å²) in [5.74, 6) is -0.0817. The summed E-state index contributed by atoms with van der Waals surface area (Å²) in [5.41, 5.74) is 5.94. The van der Waals surface area contributed by atoms with Gasteiger partial charge in [0, 0.05) is 7.05 Å². The topological polar surface area (TPSA) is 59.2 Å². The third-order valence-corrected chi connectivity index (χ3v) is 3.63. The van der Waals surface area contributed by atoms with Gasteiger partial charge in [0.05, 0.1) is 22.3 Å². The molecule has 0 fully saturated rings. The van der Waals surface area contributed by atoms with Crippen molar-refractivity contribution < 1.29 is 4.79 Å². The molecular weight excluding hydrogens is 246 g/mol. The van der Waals surface area contributed by atoms with Crippen molar-refractivity contribution in [2.75, 3.05) is 7.05 Å². The molecule has 0 aliphatic carbocycles. The molecule has 0 radical (unpaired) electrons. The predicted molar refractivity (Wildman–Crippen MR) is 74.4 cm³/mol. The minimum Gasteiger partial charge on any atom is -0.337 e. The van der Waals surface area contributed by atoms with Crippen molar-refractivity contribution in [1.29, 1.82) is 0 Å². The molecule has 1 aromatic heterocycles. The molecule has 1 heterocycles. The summed E-state index contributed by atoms with van der Waals surface area (Å²) in [7, 11) is 1.75. The standard InChI is InChI=1S/C13H17N3OS/c1-13(2,14)12(17)16(3)8-11-15-9-6-4-5-7-10(9)18-11/h4-7H,8,14H2,1-3H3. The summed E-state index contributed by atoms with van der Waals surface area (Å²) in [6, 6.07) is 7.96. The van der Waals surface area contributed by atoms with Crippen LogP contribution in [0.3, 0.4) is 0 Å². The molecule has 5 heteroatoms. The van der Waals surface area contributed by atoms with Gasteiger partial charge in [-0.15, -0.1) is 11.3 Å². The lowest BCUT2D eigenvalue weighted by Gasteiger charge is -2.24. The summed E-state index contributed by atoms with van der Waals surface area (Å²) >= 11 is 1.61. The highest BCUT2D eigenvalue weighted by atomic mass is 32.1. The van der Waals surface area contributed by atoms with Crippen molar-refractivity contribution in [2.45, 2.75) is 25.9 Å². The van der Waals surface area contributed by atoms with Crippen molar-refractivity contribution in [3.05, 3.63) is 29.3 Å². The second-order valence-corrected chi connectivity index (χ2v) is 6.07. The van der Waals surface area contributed by atoms with Crippen LogP contribution in [0.5, 0.6) is 0 Å². The van der Waals surface area contributed by atoms with Gasteiger partial charge in [-0.1, -0.05) is 12.1 Å². The summed E-state index contributed by atoms with van der Waals surface area (Å²) < 4.78 is 1.14. The van der Waals surface area contributed by atoms with E-state index >= 15 is 0 Å². The second-order valence-electron chi connectivity index (χ2n) is 4.96. The molecule has 18 heavy (non-hydrogen) atoms. The summed E-state index contributed by atoms with van der Waals surface area (Å²) in [5, 5.41) is 0.927. The van der Waals surface area contributed by atoms with Crippen LogP contribution in [0, 0.1) is 0 Å². The fourth-order valence-electron chi connectivity index (χ4n) is 1.75. The third-order valence-electron chi connectivity index (χ3n) is 2.61. The molecular formula is C13H17N3OS. The van der Waals surface area contributed by atoms with Crippen LogP contribution in [0.1, 0.15) is 18.9 Å². The zero-order valence-corrected chi connectivity index (χ0v) is 11.6. The maximum absolute atomic E-state index is 12.0. The molecule has 0 atom stereocenters. The maximum atomic E-state index is 12.0. The van der Waals surface area contributed by atoms with E-state index in [1.165, 1.54) is 0 Å². The largest absolute Gasteiger partial charge is 0.337 e. The SMILES string of the molecule is CN(Cc1nc2ccccc2s1)C(=O)C(C)(C)N. The average molecular weight is 263 g/mol. The summed E-state index contributed by atoms with van der Waals surface area (Å²) in [4.78, 5) is 18.1. The van der Waals surface area contributed by atoms with Gasteiger partial charge in [-0.2, -0.15) is 0 Å². The van der Waals surface area contributed by atoms with Crippen LogP contribution in [-0.2, 0) is 11.3 Å². The maximum Gasteiger partial charge on any atom is 0.242 e. The van der Waals surface area contributed by atoms with Crippen LogP contribution in [0.2, 0.25) is 0 Å². The number of nitrogens with two attached hydrogens (primary N) is 1. The Labute approximate surface area is 110 Å². The Hall–Kier alpha value is -1.46. The zero-order chi connectivity index (χ0) is 13.3. The first-order valence-electron chi connectivity index (χ1n) is 5.77. The number of aromatic nitrogens is 1. The molecule has 4 nitrogen and oxygen atoms in total. The second kappa shape index (κ2) is 4.66. The Morgan fingerprint density at radius 2 is 2.11 bits per heavy atom. The molecule has 2 rings (SSSR count). The molecule has 96 valence electrons. The van der Waals surface area contributed by atoms with Crippen molar-refractivity contribution in [3.63, 3.8) is 0 Å². The van der Waals surface area contributed by atoms with E-state index in [2.05, 4.69) is 4.98 Å². The van der Waals surface area contributed by atoms with Gasteiger partial charge in [0.1, 0.15) is 5.01 Å². The molecule has 1 aromatic carbocycles. The first kappa shape index (κ1) is 13.0. The van der Waals surface area contributed by atoms with Gasteiger partial charge >= 0.3 is 0 Å². The molecule has 1 amide bonds. The number of thiazole rings is 1. The van der Waals surface area contributed by atoms with Gasteiger partial charge < -0.3 is 10.6 Å². The van der Waals surface area contributed by atoms with Crippen LogP contribution >= 0.6 is 11.3 Å². The Bertz CT molecular complexity index is 538. The Balaban J connectivity index is 2.16. The van der Waals surface area contributed by atoms with Crippen LogP contribution in [-0.4, -0.2) is 28.4 Å². The number of para-hydroxylation sites is 1. The Kier molecular flexibility index (Phi) is 3.36. The van der Waals surface area contributed by atoms with Gasteiger partial charge in [-0.3, -0.25) is 4.79 Å². The molecule has 0 spiro atoms. The van der Waals surface area contributed by atoms with Crippen LogP contribution in [0.4, 0.5) is 0 Å². The molecule has 0 saturated carbocycles. The lowest BCUT2D eigenvalue weighted by Crippen LogP contribution is -2.49. The van der Waals surface area contributed by atoms with E-state index in [1.54, 1.807) is 37.1 Å². The number of likely N-dealkylation sites (N-methyl/N-ethyl adjacent to an activating group) is 1. The number of carbonyl (C=O) groups excluding carboxylic acids is 1. The zero-order valence-electron chi connectivity index (χ0n) is 10.8. The molecule has 0 aliphatic heterocycles. The first-order chi connectivity index (χ1) is 8.38. The number of benzene rings is 1. The van der Waals surface area contributed by atoms with Crippen LogP contribution < -0.4 is 5.73 Å². The fourth-order valence-corrected chi connectivity index (χ4v) is 2.78. The normalized spacial score (nSPS) is 11.8. The highest BCUT2D eigenvalue weighted by Gasteiger charge is 2.26. The molecule has 0 aliphatic rings. The van der Waals surface area contributed by atoms with Gasteiger partial charge in [0.25, 0.3) is 0 Å². The predicted octanol–water partition coefficient (Wildman–Crippen LogP) is 1.99. The van der Waals surface area contributed by atoms with Crippen molar-refractivity contribution >= 4 is 27.5 Å². The van der Waals surface area contributed by atoms with E-state index in [9.17, 15) is 4.79 Å². The van der Waals surface area contributed by atoms with E-state index in [1.807, 2.05) is 24.3 Å². The van der Waals surface area contributed by atoms with Gasteiger partial charge in [-0.05, 0) is 26.0 Å². The van der Waals surface area contributed by atoms with E-state index in [0.717, 1.165) is 15.2 Å². The monoisotopic (exact) mass is 263 g/mol. The minimum atomic E-state index is -0.842. The number of nitrogens with zero attached hydrogens (tertiary/aromatic N) is 2. The van der Waals surface area contributed by atoms with E-state index < -0.39 is 5.54 Å².